The number of benzene rings is 2. The Bertz CT molecular complexity index is 1400. The number of hydrogen-bond acceptors (Lipinski definition) is 8. The smallest absolute Gasteiger partial charge is 0.290 e. The molecule has 202 valence electrons. The van der Waals surface area contributed by atoms with Crippen LogP contribution in [0.5, 0.6) is 17.2 Å². The van der Waals surface area contributed by atoms with E-state index in [9.17, 15) is 14.7 Å². The predicted octanol–water partition coefficient (Wildman–Crippen LogP) is 5.03. The normalized spacial score (nSPS) is 15.6. The molecule has 1 atom stereocenters. The number of carbonyl (C=O) groups excluding carboxylic acids is 2. The highest BCUT2D eigenvalue weighted by atomic mass is 35.5. The Morgan fingerprint density at radius 1 is 1.11 bits per heavy atom. The first kappa shape index (κ1) is 27.3. The van der Waals surface area contributed by atoms with E-state index in [0.29, 0.717) is 52.0 Å². The summed E-state index contributed by atoms with van der Waals surface area (Å²) in [6, 6.07) is 9.10. The molecule has 2 heterocycles. The first-order valence-electron chi connectivity index (χ1n) is 12.2. The molecule has 1 aliphatic rings. The number of carbonyl (C=O) groups is 2. The molecule has 4 rings (SSSR count). The molecule has 0 radical (unpaired) electrons. The maximum atomic E-state index is 13.9. The average Bonchev–Trinajstić information content (AvgIpc) is 3.43. The molecular formula is C28H31ClN2O7. The van der Waals surface area contributed by atoms with Gasteiger partial charge in [0.05, 0.1) is 32.4 Å². The van der Waals surface area contributed by atoms with Crippen LogP contribution in [0.1, 0.15) is 35.5 Å². The first-order valence-corrected chi connectivity index (χ1v) is 12.6. The van der Waals surface area contributed by atoms with Gasteiger partial charge in [-0.15, -0.1) is 0 Å². The third kappa shape index (κ3) is 5.16. The summed E-state index contributed by atoms with van der Waals surface area (Å²) < 4.78 is 22.5. The molecule has 9 nitrogen and oxygen atoms in total. The standard InChI is InChI=1S/C28H31ClN2O7/c1-6-11-37-20-13-16(7-8-19(20)35-4)24-23(26(33)28(34)31(24)10-9-30(2)3)25(32)21-14-17-12-18(29)15-22(36-5)27(17)38-21/h7-8,12-15,24,33H,6,9-11H2,1-5H3. The summed E-state index contributed by atoms with van der Waals surface area (Å²) in [5.74, 6) is -0.550. The van der Waals surface area contributed by atoms with Gasteiger partial charge in [-0.2, -0.15) is 0 Å². The predicted molar refractivity (Wildman–Crippen MR) is 144 cm³/mol. The average molecular weight is 543 g/mol. The Morgan fingerprint density at radius 2 is 1.84 bits per heavy atom. The van der Waals surface area contributed by atoms with Crippen molar-refractivity contribution in [1.82, 2.24) is 9.80 Å². The molecule has 1 unspecified atom stereocenters. The number of furan rings is 1. The molecule has 0 saturated heterocycles. The highest BCUT2D eigenvalue weighted by Gasteiger charge is 2.44. The van der Waals surface area contributed by atoms with Crippen LogP contribution >= 0.6 is 11.6 Å². The molecule has 2 aromatic carbocycles. The number of ketones is 1. The van der Waals surface area contributed by atoms with E-state index in [1.807, 2.05) is 25.9 Å². The second-order valence-corrected chi connectivity index (χ2v) is 9.63. The van der Waals surface area contributed by atoms with Gasteiger partial charge in [-0.3, -0.25) is 9.59 Å². The zero-order chi connectivity index (χ0) is 27.6. The van der Waals surface area contributed by atoms with Crippen molar-refractivity contribution in [2.24, 2.45) is 0 Å². The third-order valence-corrected chi connectivity index (χ3v) is 6.51. The van der Waals surface area contributed by atoms with E-state index in [2.05, 4.69) is 0 Å². The van der Waals surface area contributed by atoms with Gasteiger partial charge >= 0.3 is 0 Å². The lowest BCUT2D eigenvalue weighted by molar-refractivity contribution is -0.129. The van der Waals surface area contributed by atoms with Gasteiger partial charge in [-0.1, -0.05) is 24.6 Å². The Kier molecular flexibility index (Phi) is 8.18. The molecule has 0 saturated carbocycles. The van der Waals surface area contributed by atoms with Gasteiger partial charge in [0.2, 0.25) is 5.78 Å². The molecule has 1 aromatic heterocycles. The Labute approximate surface area is 226 Å². The number of Topliss-reactive ketones (excluding diaryl/α,β-unsaturated/α-hetero) is 1. The van der Waals surface area contributed by atoms with E-state index in [-0.39, 0.29) is 17.9 Å². The number of fused-ring (bicyclic) bond motifs is 1. The third-order valence-electron chi connectivity index (χ3n) is 6.29. The summed E-state index contributed by atoms with van der Waals surface area (Å²) in [5.41, 5.74) is 0.850. The Morgan fingerprint density at radius 3 is 2.50 bits per heavy atom. The van der Waals surface area contributed by atoms with Gasteiger partial charge < -0.3 is 33.5 Å². The number of methoxy groups -OCH3 is 2. The topological polar surface area (TPSA) is 102 Å². The number of ether oxygens (including phenoxy) is 3. The van der Waals surface area contributed by atoms with Crippen LogP contribution in [-0.4, -0.2) is 74.6 Å². The van der Waals surface area contributed by atoms with Gasteiger partial charge in [-0.05, 0) is 50.3 Å². The fourth-order valence-corrected chi connectivity index (χ4v) is 4.66. The summed E-state index contributed by atoms with van der Waals surface area (Å²) in [6.45, 7) is 3.25. The lowest BCUT2D eigenvalue weighted by Gasteiger charge is -2.28. The van der Waals surface area contributed by atoms with Crippen molar-refractivity contribution in [2.45, 2.75) is 19.4 Å². The van der Waals surface area contributed by atoms with E-state index in [1.54, 1.807) is 37.4 Å². The molecule has 0 fully saturated rings. The van der Waals surface area contributed by atoms with Crippen LogP contribution in [0.3, 0.4) is 0 Å². The number of nitrogens with zero attached hydrogens (tertiary/aromatic N) is 2. The summed E-state index contributed by atoms with van der Waals surface area (Å²) in [6.07, 6.45) is 0.786. The zero-order valence-corrected chi connectivity index (χ0v) is 22.8. The lowest BCUT2D eigenvalue weighted by atomic mass is 9.94. The molecule has 1 N–H and O–H groups in total. The second-order valence-electron chi connectivity index (χ2n) is 9.19. The van der Waals surface area contributed by atoms with Crippen LogP contribution < -0.4 is 14.2 Å². The fourth-order valence-electron chi connectivity index (χ4n) is 4.44. The van der Waals surface area contributed by atoms with Crippen molar-refractivity contribution in [3.63, 3.8) is 0 Å². The van der Waals surface area contributed by atoms with Gasteiger partial charge in [0, 0.05) is 29.6 Å². The van der Waals surface area contributed by atoms with Crippen LogP contribution in [0.25, 0.3) is 11.0 Å². The van der Waals surface area contributed by atoms with Gasteiger partial charge in [-0.25, -0.2) is 0 Å². The quantitative estimate of drug-likeness (QED) is 0.337. The van der Waals surface area contributed by atoms with Crippen LogP contribution in [0.15, 0.2) is 52.1 Å². The molecule has 1 amide bonds. The highest BCUT2D eigenvalue weighted by Crippen LogP contribution is 2.42. The van der Waals surface area contributed by atoms with Gasteiger partial charge in [0.15, 0.2) is 34.4 Å². The maximum absolute atomic E-state index is 13.9. The number of hydrogen-bond donors (Lipinski definition) is 1. The van der Waals surface area contributed by atoms with Crippen molar-refractivity contribution in [2.75, 3.05) is 48.0 Å². The number of aliphatic hydroxyl groups is 1. The molecule has 0 aliphatic carbocycles. The Balaban J connectivity index is 1.83. The van der Waals surface area contributed by atoms with Crippen LogP contribution in [0.4, 0.5) is 0 Å². The minimum absolute atomic E-state index is 0.0506. The van der Waals surface area contributed by atoms with Crippen molar-refractivity contribution in [3.8, 4) is 17.2 Å². The number of aliphatic hydroxyl groups excluding tert-OH is 1. The summed E-state index contributed by atoms with van der Waals surface area (Å²) in [5, 5.41) is 12.0. The summed E-state index contributed by atoms with van der Waals surface area (Å²) >= 11 is 6.19. The molecule has 3 aromatic rings. The summed E-state index contributed by atoms with van der Waals surface area (Å²) in [7, 11) is 6.77. The van der Waals surface area contributed by atoms with Gasteiger partial charge in [0.1, 0.15) is 0 Å². The number of likely N-dealkylation sites (N-methyl/N-ethyl adjacent to an activating group) is 1. The van der Waals surface area contributed by atoms with Crippen molar-refractivity contribution in [1.29, 1.82) is 0 Å². The SMILES string of the molecule is CCCOc1cc(C2C(C(=O)c3cc4cc(Cl)cc(OC)c4o3)=C(O)C(=O)N2CCN(C)C)ccc1OC. The fraction of sp³-hybridized carbons (Fsp3) is 0.357. The minimum atomic E-state index is -0.872. The summed E-state index contributed by atoms with van der Waals surface area (Å²) in [4.78, 5) is 30.5. The lowest BCUT2D eigenvalue weighted by Crippen LogP contribution is -2.36. The van der Waals surface area contributed by atoms with E-state index in [0.717, 1.165) is 6.42 Å². The first-order chi connectivity index (χ1) is 18.2. The molecule has 38 heavy (non-hydrogen) atoms. The zero-order valence-electron chi connectivity index (χ0n) is 22.0. The van der Waals surface area contributed by atoms with Crippen molar-refractivity contribution < 1.29 is 33.3 Å². The molecule has 0 bridgehead atoms. The van der Waals surface area contributed by atoms with Crippen molar-refractivity contribution in [3.05, 3.63) is 64.1 Å². The van der Waals surface area contributed by atoms with E-state index < -0.39 is 23.5 Å². The number of amides is 1. The highest BCUT2D eigenvalue weighted by molar-refractivity contribution is 6.31. The van der Waals surface area contributed by atoms with Crippen LogP contribution in [0, 0.1) is 0 Å². The van der Waals surface area contributed by atoms with E-state index >= 15 is 0 Å². The maximum Gasteiger partial charge on any atom is 0.290 e. The Hall–Kier alpha value is -3.69. The molecule has 0 spiro atoms. The molecule has 10 heteroatoms. The number of halogens is 1. The largest absolute Gasteiger partial charge is 0.503 e. The van der Waals surface area contributed by atoms with Crippen molar-refractivity contribution >= 4 is 34.3 Å². The van der Waals surface area contributed by atoms with E-state index in [1.165, 1.54) is 18.1 Å². The van der Waals surface area contributed by atoms with E-state index in [4.69, 9.17) is 30.2 Å². The van der Waals surface area contributed by atoms with Gasteiger partial charge in [0.25, 0.3) is 5.91 Å². The van der Waals surface area contributed by atoms with Crippen LogP contribution in [-0.2, 0) is 4.79 Å². The molecule has 1 aliphatic heterocycles. The minimum Gasteiger partial charge on any atom is -0.503 e. The number of rotatable bonds is 11. The second kappa shape index (κ2) is 11.4. The van der Waals surface area contributed by atoms with Crippen LogP contribution in [0.2, 0.25) is 5.02 Å². The molecular weight excluding hydrogens is 512 g/mol. The monoisotopic (exact) mass is 542 g/mol.